The van der Waals surface area contributed by atoms with Crippen LogP contribution in [0.2, 0.25) is 5.02 Å². The molecule has 1 aromatic heterocycles. The molecule has 126 valence electrons. The van der Waals surface area contributed by atoms with Crippen molar-refractivity contribution in [2.24, 2.45) is 0 Å². The molecule has 0 aliphatic rings. The monoisotopic (exact) mass is 360 g/mol. The van der Waals surface area contributed by atoms with E-state index in [1.54, 1.807) is 17.7 Å². The van der Waals surface area contributed by atoms with Gasteiger partial charge in [0, 0.05) is 18.7 Å². The topological polar surface area (TPSA) is 95.3 Å². The Morgan fingerprint density at radius 2 is 2.13 bits per heavy atom. The molecule has 0 radical (unpaired) electrons. The lowest BCUT2D eigenvalue weighted by atomic mass is 10.3. The highest BCUT2D eigenvalue weighted by Crippen LogP contribution is 2.26. The van der Waals surface area contributed by atoms with Crippen LogP contribution >= 0.6 is 11.6 Å². The lowest BCUT2D eigenvalue weighted by molar-refractivity contribution is 0.186. The number of halogens is 1. The molecule has 0 spiro atoms. The van der Waals surface area contributed by atoms with Gasteiger partial charge in [0.2, 0.25) is 10.0 Å². The molecule has 1 aromatic carbocycles. The number of benzene rings is 1. The minimum absolute atomic E-state index is 0.0122. The molecule has 0 aliphatic heterocycles. The molecule has 0 saturated heterocycles. The Morgan fingerprint density at radius 3 is 2.83 bits per heavy atom. The molecule has 0 aliphatic carbocycles. The molecule has 10 heteroatoms. The lowest BCUT2D eigenvalue weighted by Crippen LogP contribution is -2.25. The average Bonchev–Trinajstić information content (AvgIpc) is 2.98. The Bertz CT molecular complexity index is 763. The number of hydrogen-bond acceptors (Lipinski definition) is 6. The summed E-state index contributed by atoms with van der Waals surface area (Å²) in [5, 5.41) is 7.97. The first-order valence-electron chi connectivity index (χ1n) is 6.66. The van der Waals surface area contributed by atoms with Gasteiger partial charge in [-0.1, -0.05) is 11.6 Å². The summed E-state index contributed by atoms with van der Waals surface area (Å²) in [5.41, 5.74) is 0. The second-order valence-electron chi connectivity index (χ2n) is 4.55. The Balaban J connectivity index is 2.17. The SMILES string of the molecule is COCCn1cnnc1CNS(=O)(=O)c1cc(Cl)ccc1OC. The summed E-state index contributed by atoms with van der Waals surface area (Å²) in [5.74, 6) is 0.689. The van der Waals surface area contributed by atoms with Crippen molar-refractivity contribution in [3.8, 4) is 5.75 Å². The van der Waals surface area contributed by atoms with Crippen molar-refractivity contribution in [2.45, 2.75) is 18.0 Å². The van der Waals surface area contributed by atoms with Crippen LogP contribution in [0, 0.1) is 0 Å². The molecule has 0 bridgehead atoms. The van der Waals surface area contributed by atoms with Crippen LogP contribution in [0.1, 0.15) is 5.82 Å². The van der Waals surface area contributed by atoms with Gasteiger partial charge in [0.1, 0.15) is 22.8 Å². The van der Waals surface area contributed by atoms with E-state index in [9.17, 15) is 8.42 Å². The van der Waals surface area contributed by atoms with Crippen LogP contribution in [0.15, 0.2) is 29.4 Å². The fourth-order valence-electron chi connectivity index (χ4n) is 1.89. The number of hydrogen-bond donors (Lipinski definition) is 1. The molecule has 0 unspecified atom stereocenters. The first kappa shape index (κ1) is 17.7. The van der Waals surface area contributed by atoms with Gasteiger partial charge < -0.3 is 14.0 Å². The number of methoxy groups -OCH3 is 2. The van der Waals surface area contributed by atoms with Crippen LogP contribution in [0.5, 0.6) is 5.75 Å². The molecule has 23 heavy (non-hydrogen) atoms. The van der Waals surface area contributed by atoms with Crippen LogP contribution < -0.4 is 9.46 Å². The smallest absolute Gasteiger partial charge is 0.244 e. The predicted octanol–water partition coefficient (Wildman–Crippen LogP) is 1.06. The Labute approximate surface area is 139 Å². The summed E-state index contributed by atoms with van der Waals surface area (Å²) >= 11 is 5.87. The molecular formula is C13H17ClN4O4S. The maximum Gasteiger partial charge on any atom is 0.244 e. The number of sulfonamides is 1. The Morgan fingerprint density at radius 1 is 1.35 bits per heavy atom. The van der Waals surface area contributed by atoms with E-state index >= 15 is 0 Å². The molecular weight excluding hydrogens is 344 g/mol. The molecule has 0 amide bonds. The van der Waals surface area contributed by atoms with E-state index in [0.29, 0.717) is 24.0 Å². The van der Waals surface area contributed by atoms with Crippen LogP contribution in [0.3, 0.4) is 0 Å². The maximum absolute atomic E-state index is 12.5. The number of nitrogens with one attached hydrogen (secondary N) is 1. The zero-order chi connectivity index (χ0) is 16.9. The van der Waals surface area contributed by atoms with Crippen molar-refractivity contribution in [3.63, 3.8) is 0 Å². The summed E-state index contributed by atoms with van der Waals surface area (Å²) in [7, 11) is -0.837. The van der Waals surface area contributed by atoms with Crippen molar-refractivity contribution in [1.82, 2.24) is 19.5 Å². The average molecular weight is 361 g/mol. The summed E-state index contributed by atoms with van der Waals surface area (Å²) in [6.45, 7) is 0.989. The maximum atomic E-state index is 12.5. The Hall–Kier alpha value is -1.68. The van der Waals surface area contributed by atoms with Crippen molar-refractivity contribution in [3.05, 3.63) is 35.4 Å². The molecule has 0 atom stereocenters. The summed E-state index contributed by atoms with van der Waals surface area (Å²) in [4.78, 5) is -0.0320. The highest BCUT2D eigenvalue weighted by atomic mass is 35.5. The number of ether oxygens (including phenoxy) is 2. The second-order valence-corrected chi connectivity index (χ2v) is 6.72. The molecule has 0 fully saturated rings. The molecule has 1 heterocycles. The van der Waals surface area contributed by atoms with Crippen LogP contribution in [0.25, 0.3) is 0 Å². The van der Waals surface area contributed by atoms with Gasteiger partial charge in [-0.25, -0.2) is 13.1 Å². The van der Waals surface area contributed by atoms with Gasteiger partial charge in [-0.3, -0.25) is 0 Å². The van der Waals surface area contributed by atoms with E-state index in [-0.39, 0.29) is 17.2 Å². The van der Waals surface area contributed by atoms with E-state index < -0.39 is 10.0 Å². The first-order valence-corrected chi connectivity index (χ1v) is 8.53. The van der Waals surface area contributed by atoms with Crippen LogP contribution in [0.4, 0.5) is 0 Å². The van der Waals surface area contributed by atoms with Gasteiger partial charge in [-0.05, 0) is 18.2 Å². The summed E-state index contributed by atoms with van der Waals surface area (Å²) in [6.07, 6.45) is 1.52. The van der Waals surface area contributed by atoms with Gasteiger partial charge in [0.05, 0.1) is 20.3 Å². The van der Waals surface area contributed by atoms with E-state index in [4.69, 9.17) is 21.1 Å². The molecule has 2 rings (SSSR count). The fourth-order valence-corrected chi connectivity index (χ4v) is 3.30. The van der Waals surface area contributed by atoms with Gasteiger partial charge in [-0.2, -0.15) is 0 Å². The normalized spacial score (nSPS) is 11.6. The number of nitrogens with zero attached hydrogens (tertiary/aromatic N) is 3. The minimum Gasteiger partial charge on any atom is -0.495 e. The van der Waals surface area contributed by atoms with Gasteiger partial charge >= 0.3 is 0 Å². The molecule has 8 nitrogen and oxygen atoms in total. The van der Waals surface area contributed by atoms with E-state index in [1.165, 1.54) is 25.6 Å². The lowest BCUT2D eigenvalue weighted by Gasteiger charge is -2.11. The van der Waals surface area contributed by atoms with Crippen molar-refractivity contribution in [2.75, 3.05) is 20.8 Å². The van der Waals surface area contributed by atoms with Gasteiger partial charge in [-0.15, -0.1) is 10.2 Å². The van der Waals surface area contributed by atoms with Crippen molar-refractivity contribution < 1.29 is 17.9 Å². The van der Waals surface area contributed by atoms with E-state index in [0.717, 1.165) is 0 Å². The fraction of sp³-hybridized carbons (Fsp3) is 0.385. The zero-order valence-electron chi connectivity index (χ0n) is 12.7. The molecule has 2 aromatic rings. The standard InChI is InChI=1S/C13H17ClN4O4S/c1-21-6-5-18-9-15-17-13(18)8-16-23(19,20)12-7-10(14)3-4-11(12)22-2/h3-4,7,9,16H,5-6,8H2,1-2H3. The number of rotatable bonds is 8. The Kier molecular flexibility index (Phi) is 5.94. The highest BCUT2D eigenvalue weighted by Gasteiger charge is 2.20. The third-order valence-corrected chi connectivity index (χ3v) is 4.73. The minimum atomic E-state index is -3.81. The zero-order valence-corrected chi connectivity index (χ0v) is 14.3. The summed E-state index contributed by atoms with van der Waals surface area (Å²) < 4.78 is 39.1. The largest absolute Gasteiger partial charge is 0.495 e. The van der Waals surface area contributed by atoms with Crippen LogP contribution in [-0.2, 0) is 27.8 Å². The highest BCUT2D eigenvalue weighted by molar-refractivity contribution is 7.89. The quantitative estimate of drug-likeness (QED) is 0.756. The molecule has 0 saturated carbocycles. The third-order valence-electron chi connectivity index (χ3n) is 3.07. The number of aromatic nitrogens is 3. The van der Waals surface area contributed by atoms with E-state index in [2.05, 4.69) is 14.9 Å². The second kappa shape index (κ2) is 7.73. The third kappa shape index (κ3) is 4.41. The van der Waals surface area contributed by atoms with Crippen molar-refractivity contribution in [1.29, 1.82) is 0 Å². The molecule has 1 N–H and O–H groups in total. The van der Waals surface area contributed by atoms with Crippen LogP contribution in [-0.4, -0.2) is 44.0 Å². The van der Waals surface area contributed by atoms with Gasteiger partial charge in [0.15, 0.2) is 0 Å². The predicted molar refractivity (Wildman–Crippen MR) is 83.9 cm³/mol. The van der Waals surface area contributed by atoms with Gasteiger partial charge in [0.25, 0.3) is 0 Å². The van der Waals surface area contributed by atoms with E-state index in [1.807, 2.05) is 0 Å². The summed E-state index contributed by atoms with van der Waals surface area (Å²) in [6, 6.07) is 4.39. The van der Waals surface area contributed by atoms with Crippen molar-refractivity contribution >= 4 is 21.6 Å². The first-order chi connectivity index (χ1) is 11.0.